The van der Waals surface area contributed by atoms with E-state index in [-0.39, 0.29) is 17.2 Å². The summed E-state index contributed by atoms with van der Waals surface area (Å²) < 4.78 is 56.6. The number of esters is 1. The molecule has 0 aliphatic rings. The summed E-state index contributed by atoms with van der Waals surface area (Å²) in [7, 11) is -4.28. The Labute approximate surface area is 132 Å². The average Bonchev–Trinajstić information content (AvgIpc) is 2.87. The minimum absolute atomic E-state index is 0.0203. The number of thiophene rings is 1. The first-order chi connectivity index (χ1) is 10.8. The van der Waals surface area contributed by atoms with Crippen LogP contribution in [-0.2, 0) is 24.5 Å². The van der Waals surface area contributed by atoms with Gasteiger partial charge in [0.05, 0.1) is 6.61 Å². The van der Waals surface area contributed by atoms with Crippen molar-refractivity contribution in [3.8, 4) is 5.75 Å². The largest absolute Gasteiger partial charge is 0.462 e. The number of hydrogen-bond donors (Lipinski definition) is 0. The van der Waals surface area contributed by atoms with Gasteiger partial charge in [-0.05, 0) is 6.92 Å². The monoisotopic (exact) mass is 370 g/mol. The second kappa shape index (κ2) is 10.3. The maximum Gasteiger partial charge on any atom is 0.387 e. The Kier molecular flexibility index (Phi) is 9.20. The molecule has 0 bridgehead atoms. The molecule has 1 aromatic heterocycles. The van der Waals surface area contributed by atoms with E-state index in [0.29, 0.717) is 12.2 Å². The van der Waals surface area contributed by atoms with Crippen LogP contribution >= 0.6 is 11.3 Å². The topological polar surface area (TPSA) is 129 Å². The normalized spacial score (nSPS) is 9.74. The van der Waals surface area contributed by atoms with E-state index in [1.807, 2.05) is 0 Å². The number of carbonyl (C=O) groups excluding carboxylic acids is 3. The van der Waals surface area contributed by atoms with Crippen molar-refractivity contribution in [2.24, 2.45) is 8.80 Å². The molecular formula is C10H8F2N2O7S2. The average molecular weight is 370 g/mol. The fourth-order valence-electron chi connectivity index (χ4n) is 0.907. The molecule has 0 atom stereocenters. The number of carbonyl (C=O) groups is 1. The van der Waals surface area contributed by atoms with Gasteiger partial charge in [-0.2, -0.15) is 17.2 Å². The van der Waals surface area contributed by atoms with E-state index in [1.54, 1.807) is 6.92 Å². The minimum atomic E-state index is -4.28. The summed E-state index contributed by atoms with van der Waals surface area (Å²) in [6.45, 7) is -0.955. The maximum atomic E-state index is 11.7. The van der Waals surface area contributed by atoms with E-state index in [4.69, 9.17) is 0 Å². The fourth-order valence-corrected chi connectivity index (χ4v) is 1.84. The zero-order chi connectivity index (χ0) is 17.9. The Morgan fingerprint density at radius 2 is 1.91 bits per heavy atom. The summed E-state index contributed by atoms with van der Waals surface area (Å²) in [5, 5.41) is 1.33. The van der Waals surface area contributed by atoms with Crippen LogP contribution in [0.15, 0.2) is 20.2 Å². The zero-order valence-electron chi connectivity index (χ0n) is 11.3. The second-order valence-electron chi connectivity index (χ2n) is 3.06. The standard InChI is InChI=1S/C8H8F2O3S.C2N2O4S/c1-2-12-7(11)6-3-5(4-14-6)13-8(9)10;5-1-3-9(7,8)4-2-6/h3-4,8H,2H2,1H3;. The molecular weight excluding hydrogens is 362 g/mol. The third-order valence-electron chi connectivity index (χ3n) is 1.58. The lowest BCUT2D eigenvalue weighted by molar-refractivity contribution is -0.0496. The quantitative estimate of drug-likeness (QED) is 0.421. The Morgan fingerprint density at radius 1 is 1.35 bits per heavy atom. The van der Waals surface area contributed by atoms with Crippen LogP contribution in [0.3, 0.4) is 0 Å². The van der Waals surface area contributed by atoms with Crippen LogP contribution in [0.25, 0.3) is 0 Å². The number of nitrogens with zero attached hydrogens (tertiary/aromatic N) is 2. The highest BCUT2D eigenvalue weighted by Crippen LogP contribution is 2.23. The van der Waals surface area contributed by atoms with Crippen LogP contribution in [0.2, 0.25) is 0 Å². The fraction of sp³-hybridized carbons (Fsp3) is 0.300. The van der Waals surface area contributed by atoms with Gasteiger partial charge >= 0.3 is 22.8 Å². The summed E-state index contributed by atoms with van der Waals surface area (Å²) in [6.07, 6.45) is 1.41. The smallest absolute Gasteiger partial charge is 0.387 e. The van der Waals surface area contributed by atoms with E-state index in [9.17, 15) is 31.6 Å². The van der Waals surface area contributed by atoms with E-state index < -0.39 is 22.8 Å². The first kappa shape index (κ1) is 20.5. The number of isocyanates is 2. The van der Waals surface area contributed by atoms with Crippen molar-refractivity contribution in [3.63, 3.8) is 0 Å². The van der Waals surface area contributed by atoms with Crippen LogP contribution in [0.4, 0.5) is 8.78 Å². The summed E-state index contributed by atoms with van der Waals surface area (Å²) >= 11 is 1.01. The molecule has 0 aliphatic carbocycles. The molecule has 126 valence electrons. The van der Waals surface area contributed by atoms with Crippen LogP contribution < -0.4 is 4.74 Å². The van der Waals surface area contributed by atoms with Crippen LogP contribution in [0, 0.1) is 0 Å². The molecule has 0 spiro atoms. The van der Waals surface area contributed by atoms with E-state index in [2.05, 4.69) is 18.3 Å². The molecule has 0 fully saturated rings. The lowest BCUT2D eigenvalue weighted by atomic mass is 10.4. The van der Waals surface area contributed by atoms with Crippen molar-refractivity contribution in [2.45, 2.75) is 13.5 Å². The molecule has 0 aromatic carbocycles. The van der Waals surface area contributed by atoms with Crippen LogP contribution in [0.5, 0.6) is 5.75 Å². The predicted octanol–water partition coefficient (Wildman–Crippen LogP) is 1.43. The number of rotatable bonds is 6. The second-order valence-corrected chi connectivity index (χ2v) is 5.23. The molecule has 0 N–H and O–H groups in total. The van der Waals surface area contributed by atoms with E-state index in [1.165, 1.54) is 11.4 Å². The van der Waals surface area contributed by atoms with Gasteiger partial charge in [-0.3, -0.25) is 0 Å². The Morgan fingerprint density at radius 3 is 2.35 bits per heavy atom. The molecule has 1 aromatic rings. The van der Waals surface area contributed by atoms with Crippen molar-refractivity contribution in [3.05, 3.63) is 16.3 Å². The molecule has 13 heteroatoms. The van der Waals surface area contributed by atoms with E-state index in [0.717, 1.165) is 11.3 Å². The van der Waals surface area contributed by atoms with Gasteiger partial charge in [0, 0.05) is 11.4 Å². The lowest BCUT2D eigenvalue weighted by Crippen LogP contribution is -2.03. The SMILES string of the molecule is CCOC(=O)c1cc(OC(F)F)cs1.O=C=NS(=O)(=O)N=C=O. The summed E-state index contributed by atoms with van der Waals surface area (Å²) in [5.41, 5.74) is 0. The van der Waals surface area contributed by atoms with Crippen molar-refractivity contribution in [1.29, 1.82) is 0 Å². The lowest BCUT2D eigenvalue weighted by Gasteiger charge is -1.99. The molecule has 0 saturated heterocycles. The predicted molar refractivity (Wildman–Crippen MR) is 72.1 cm³/mol. The Balaban J connectivity index is 0.000000468. The highest BCUT2D eigenvalue weighted by molar-refractivity contribution is 7.89. The minimum Gasteiger partial charge on any atom is -0.462 e. The van der Waals surface area contributed by atoms with Gasteiger partial charge in [0.15, 0.2) is 0 Å². The third-order valence-corrected chi connectivity index (χ3v) is 3.08. The summed E-state index contributed by atoms with van der Waals surface area (Å²) in [5.74, 6) is -0.547. The number of alkyl halides is 2. The maximum absolute atomic E-state index is 11.7. The van der Waals surface area contributed by atoms with Gasteiger partial charge < -0.3 is 9.47 Å². The number of halogens is 2. The highest BCUT2D eigenvalue weighted by atomic mass is 32.2. The molecule has 9 nitrogen and oxygen atoms in total. The Hall–Kier alpha value is -2.46. The summed E-state index contributed by atoms with van der Waals surface area (Å²) in [4.78, 5) is 29.8. The van der Waals surface area contributed by atoms with Crippen molar-refractivity contribution >= 4 is 39.7 Å². The van der Waals surface area contributed by atoms with Gasteiger partial charge in [-0.25, -0.2) is 14.4 Å². The van der Waals surface area contributed by atoms with Crippen molar-refractivity contribution in [2.75, 3.05) is 6.61 Å². The molecule has 0 saturated carbocycles. The third kappa shape index (κ3) is 9.22. The number of ether oxygens (including phenoxy) is 2. The van der Waals surface area contributed by atoms with Crippen LogP contribution in [-0.4, -0.2) is 39.8 Å². The van der Waals surface area contributed by atoms with Gasteiger partial charge in [-0.15, -0.1) is 11.3 Å². The highest BCUT2D eigenvalue weighted by Gasteiger charge is 2.12. The van der Waals surface area contributed by atoms with Gasteiger partial charge in [-0.1, -0.05) is 8.80 Å². The van der Waals surface area contributed by atoms with E-state index >= 15 is 0 Å². The Bertz CT molecular complexity index is 695. The van der Waals surface area contributed by atoms with Crippen molar-refractivity contribution < 1.29 is 41.1 Å². The first-order valence-corrected chi connectivity index (χ1v) is 7.67. The van der Waals surface area contributed by atoms with Gasteiger partial charge in [0.25, 0.3) is 12.2 Å². The number of hydrogen-bond acceptors (Lipinski definition) is 8. The zero-order valence-corrected chi connectivity index (χ0v) is 12.9. The molecule has 1 rings (SSSR count). The summed E-state index contributed by atoms with van der Waals surface area (Å²) in [6, 6.07) is 1.23. The molecule has 0 aliphatic heterocycles. The molecule has 0 unspecified atom stereocenters. The van der Waals surface area contributed by atoms with Crippen molar-refractivity contribution in [1.82, 2.24) is 0 Å². The van der Waals surface area contributed by atoms with Gasteiger partial charge in [0.1, 0.15) is 10.6 Å². The molecule has 23 heavy (non-hydrogen) atoms. The molecule has 0 radical (unpaired) electrons. The first-order valence-electron chi connectivity index (χ1n) is 5.39. The van der Waals surface area contributed by atoms with Gasteiger partial charge in [0.2, 0.25) is 0 Å². The van der Waals surface area contributed by atoms with Crippen LogP contribution in [0.1, 0.15) is 16.6 Å². The molecule has 1 heterocycles. The molecule has 0 amide bonds.